The topological polar surface area (TPSA) is 50.1 Å². The number of hydrogen-bond donors (Lipinski definition) is 2. The maximum absolute atomic E-state index is 9.39. The van der Waals surface area contributed by atoms with Gasteiger partial charge in [0, 0.05) is 18.6 Å². The normalized spacial score (nSPS) is 14.8. The van der Waals surface area contributed by atoms with E-state index in [9.17, 15) is 5.11 Å². The van der Waals surface area contributed by atoms with Gasteiger partial charge in [0.25, 0.3) is 0 Å². The summed E-state index contributed by atoms with van der Waals surface area (Å²) in [6.07, 6.45) is 1.70. The zero-order valence-electron chi connectivity index (χ0n) is 11.8. The molecular formula is C13H24ClN3O. The van der Waals surface area contributed by atoms with Gasteiger partial charge in [0.2, 0.25) is 0 Å². The third kappa shape index (κ3) is 3.25. The summed E-state index contributed by atoms with van der Waals surface area (Å²) in [6, 6.07) is 0. The van der Waals surface area contributed by atoms with Crippen LogP contribution in [0.2, 0.25) is 5.02 Å². The molecule has 1 aromatic heterocycles. The minimum absolute atomic E-state index is 0.113. The lowest BCUT2D eigenvalue weighted by Crippen LogP contribution is -2.44. The standard InChI is InChI=1S/C13H24ClN3O/c1-5-10-12(14)11(17(7-3)16-10)8-15-13(4,6-2)9-18/h15,18H,5-9H2,1-4H3. The first-order chi connectivity index (χ1) is 8.51. The third-order valence-electron chi connectivity index (χ3n) is 3.51. The minimum atomic E-state index is -0.265. The largest absolute Gasteiger partial charge is 0.394 e. The van der Waals surface area contributed by atoms with Crippen molar-refractivity contribution in [3.63, 3.8) is 0 Å². The van der Waals surface area contributed by atoms with E-state index < -0.39 is 0 Å². The highest BCUT2D eigenvalue weighted by atomic mass is 35.5. The molecule has 0 saturated carbocycles. The third-order valence-corrected chi connectivity index (χ3v) is 3.94. The smallest absolute Gasteiger partial charge is 0.0863 e. The van der Waals surface area contributed by atoms with Gasteiger partial charge < -0.3 is 10.4 Å². The summed E-state index contributed by atoms with van der Waals surface area (Å²) in [5.41, 5.74) is 1.68. The summed E-state index contributed by atoms with van der Waals surface area (Å²) in [6.45, 7) is 9.71. The van der Waals surface area contributed by atoms with Crippen molar-refractivity contribution < 1.29 is 5.11 Å². The number of hydrogen-bond acceptors (Lipinski definition) is 3. The minimum Gasteiger partial charge on any atom is -0.394 e. The lowest BCUT2D eigenvalue weighted by molar-refractivity contribution is 0.168. The molecule has 18 heavy (non-hydrogen) atoms. The Balaban J connectivity index is 2.87. The summed E-state index contributed by atoms with van der Waals surface area (Å²) in [7, 11) is 0. The molecule has 0 aliphatic carbocycles. The molecule has 104 valence electrons. The molecule has 0 fully saturated rings. The zero-order chi connectivity index (χ0) is 13.8. The SMILES string of the molecule is CCc1nn(CC)c(CNC(C)(CC)CO)c1Cl. The zero-order valence-corrected chi connectivity index (χ0v) is 12.5. The van der Waals surface area contributed by atoms with Gasteiger partial charge in [0.1, 0.15) is 0 Å². The maximum Gasteiger partial charge on any atom is 0.0863 e. The number of aromatic nitrogens is 2. The second-order valence-electron chi connectivity index (χ2n) is 4.80. The van der Waals surface area contributed by atoms with Gasteiger partial charge in [-0.1, -0.05) is 25.4 Å². The van der Waals surface area contributed by atoms with Crippen molar-refractivity contribution >= 4 is 11.6 Å². The molecule has 1 rings (SSSR count). The Hall–Kier alpha value is -0.580. The Morgan fingerprint density at radius 3 is 2.50 bits per heavy atom. The summed E-state index contributed by atoms with van der Waals surface area (Å²) < 4.78 is 1.93. The number of rotatable bonds is 7. The van der Waals surface area contributed by atoms with Crippen molar-refractivity contribution in [2.24, 2.45) is 0 Å². The lowest BCUT2D eigenvalue weighted by Gasteiger charge is -2.27. The highest BCUT2D eigenvalue weighted by molar-refractivity contribution is 6.31. The van der Waals surface area contributed by atoms with Crippen molar-refractivity contribution in [2.75, 3.05) is 6.61 Å². The van der Waals surface area contributed by atoms with Crippen LogP contribution in [0.3, 0.4) is 0 Å². The second-order valence-corrected chi connectivity index (χ2v) is 5.18. The molecular weight excluding hydrogens is 250 g/mol. The van der Waals surface area contributed by atoms with E-state index in [1.165, 1.54) is 0 Å². The van der Waals surface area contributed by atoms with Gasteiger partial charge >= 0.3 is 0 Å². The number of aliphatic hydroxyl groups excluding tert-OH is 1. The summed E-state index contributed by atoms with van der Waals surface area (Å²) in [5, 5.41) is 18.0. The molecule has 0 spiro atoms. The van der Waals surface area contributed by atoms with Crippen molar-refractivity contribution in [1.82, 2.24) is 15.1 Å². The van der Waals surface area contributed by atoms with Crippen molar-refractivity contribution in [2.45, 2.75) is 59.2 Å². The Labute approximate surface area is 114 Å². The molecule has 0 radical (unpaired) electrons. The number of nitrogens with zero attached hydrogens (tertiary/aromatic N) is 2. The Kier molecular flexibility index (Phi) is 5.63. The van der Waals surface area contributed by atoms with Crippen molar-refractivity contribution in [1.29, 1.82) is 0 Å². The number of aliphatic hydroxyl groups is 1. The number of nitrogens with one attached hydrogen (secondary N) is 1. The van der Waals surface area contributed by atoms with Crippen LogP contribution in [0.1, 0.15) is 45.5 Å². The quantitative estimate of drug-likeness (QED) is 0.802. The average molecular weight is 274 g/mol. The fourth-order valence-electron chi connectivity index (χ4n) is 1.78. The Morgan fingerprint density at radius 1 is 1.39 bits per heavy atom. The monoisotopic (exact) mass is 273 g/mol. The Morgan fingerprint density at radius 2 is 2.06 bits per heavy atom. The van der Waals surface area contributed by atoms with E-state index in [1.807, 2.05) is 11.6 Å². The Bertz CT molecular complexity index is 386. The molecule has 5 heteroatoms. The molecule has 1 heterocycles. The van der Waals surface area contributed by atoms with Gasteiger partial charge in [0.05, 0.1) is 23.0 Å². The molecule has 0 aliphatic heterocycles. The molecule has 0 bridgehead atoms. The molecule has 1 unspecified atom stereocenters. The van der Waals surface area contributed by atoms with Crippen LogP contribution in [0.4, 0.5) is 0 Å². The first kappa shape index (κ1) is 15.5. The van der Waals surface area contributed by atoms with Crippen LogP contribution < -0.4 is 5.32 Å². The van der Waals surface area contributed by atoms with E-state index in [2.05, 4.69) is 31.2 Å². The van der Waals surface area contributed by atoms with Gasteiger partial charge in [-0.2, -0.15) is 5.10 Å². The molecule has 1 aromatic rings. The molecule has 0 amide bonds. The fourth-order valence-corrected chi connectivity index (χ4v) is 2.11. The van der Waals surface area contributed by atoms with Crippen LogP contribution in [0.15, 0.2) is 0 Å². The summed E-state index contributed by atoms with van der Waals surface area (Å²) >= 11 is 6.34. The first-order valence-electron chi connectivity index (χ1n) is 6.61. The first-order valence-corrected chi connectivity index (χ1v) is 6.99. The lowest BCUT2D eigenvalue weighted by atomic mass is 10.0. The molecule has 1 atom stereocenters. The maximum atomic E-state index is 9.39. The van der Waals surface area contributed by atoms with E-state index in [0.717, 1.165) is 35.8 Å². The van der Waals surface area contributed by atoms with E-state index in [0.29, 0.717) is 6.54 Å². The number of aryl methyl sites for hydroxylation is 2. The van der Waals surface area contributed by atoms with Crippen LogP contribution >= 0.6 is 11.6 Å². The molecule has 0 saturated heterocycles. The van der Waals surface area contributed by atoms with Crippen LogP contribution in [0.5, 0.6) is 0 Å². The predicted molar refractivity (Wildman–Crippen MR) is 74.9 cm³/mol. The molecule has 4 nitrogen and oxygen atoms in total. The summed E-state index contributed by atoms with van der Waals surface area (Å²) in [4.78, 5) is 0. The van der Waals surface area contributed by atoms with Gasteiger partial charge in [-0.15, -0.1) is 0 Å². The number of halogens is 1. The van der Waals surface area contributed by atoms with Gasteiger partial charge in [-0.05, 0) is 26.7 Å². The van der Waals surface area contributed by atoms with Gasteiger partial charge in [-0.3, -0.25) is 4.68 Å². The molecule has 0 aromatic carbocycles. The molecule has 2 N–H and O–H groups in total. The highest BCUT2D eigenvalue weighted by Gasteiger charge is 2.22. The van der Waals surface area contributed by atoms with Crippen LogP contribution in [-0.2, 0) is 19.5 Å². The molecule has 0 aliphatic rings. The van der Waals surface area contributed by atoms with Crippen molar-refractivity contribution in [3.05, 3.63) is 16.4 Å². The van der Waals surface area contributed by atoms with Crippen LogP contribution in [0.25, 0.3) is 0 Å². The second kappa shape index (κ2) is 6.55. The fraction of sp³-hybridized carbons (Fsp3) is 0.769. The van der Waals surface area contributed by atoms with E-state index >= 15 is 0 Å². The summed E-state index contributed by atoms with van der Waals surface area (Å²) in [5.74, 6) is 0. The van der Waals surface area contributed by atoms with E-state index in [1.54, 1.807) is 0 Å². The van der Waals surface area contributed by atoms with Gasteiger partial charge in [-0.25, -0.2) is 0 Å². The van der Waals surface area contributed by atoms with Gasteiger partial charge in [0.15, 0.2) is 0 Å². The van der Waals surface area contributed by atoms with E-state index in [-0.39, 0.29) is 12.1 Å². The highest BCUT2D eigenvalue weighted by Crippen LogP contribution is 2.22. The van der Waals surface area contributed by atoms with Crippen LogP contribution in [0, 0.1) is 0 Å². The predicted octanol–water partition coefficient (Wildman–Crippen LogP) is 2.37. The van der Waals surface area contributed by atoms with Crippen LogP contribution in [-0.4, -0.2) is 27.0 Å². The van der Waals surface area contributed by atoms with Crippen molar-refractivity contribution in [3.8, 4) is 0 Å². The van der Waals surface area contributed by atoms with E-state index in [4.69, 9.17) is 11.6 Å². The average Bonchev–Trinajstić information content (AvgIpc) is 2.72.